The van der Waals surface area contributed by atoms with Crippen LogP contribution in [0, 0.1) is 6.92 Å². The molecule has 0 spiro atoms. The highest BCUT2D eigenvalue weighted by molar-refractivity contribution is 6.06. The summed E-state index contributed by atoms with van der Waals surface area (Å²) in [5, 5.41) is 6.89. The Morgan fingerprint density at radius 3 is 2.61 bits per heavy atom. The molecule has 2 aromatic carbocycles. The molecule has 0 atom stereocenters. The SMILES string of the molecule is CCCCc1nc2c(N)nc3ccccc3c2n1CCCCNC(=O)Nc1ccc(C)cc1. The van der Waals surface area contributed by atoms with E-state index in [1.54, 1.807) is 0 Å². The third kappa shape index (κ3) is 5.25. The number of carbonyl (C=O) groups is 1. The molecule has 4 aromatic rings. The predicted molar refractivity (Wildman–Crippen MR) is 135 cm³/mol. The number of aryl methyl sites for hydroxylation is 3. The average molecular weight is 445 g/mol. The van der Waals surface area contributed by atoms with Crippen LogP contribution in [0.15, 0.2) is 48.5 Å². The van der Waals surface area contributed by atoms with Crippen molar-refractivity contribution in [1.82, 2.24) is 19.9 Å². The van der Waals surface area contributed by atoms with E-state index >= 15 is 0 Å². The number of nitrogen functional groups attached to an aromatic ring is 1. The van der Waals surface area contributed by atoms with Gasteiger partial charge in [0.15, 0.2) is 5.82 Å². The van der Waals surface area contributed by atoms with E-state index in [4.69, 9.17) is 10.7 Å². The second-order valence-corrected chi connectivity index (χ2v) is 8.45. The first-order valence-corrected chi connectivity index (χ1v) is 11.7. The molecule has 4 N–H and O–H groups in total. The molecule has 7 heteroatoms. The van der Waals surface area contributed by atoms with Crippen LogP contribution in [0.3, 0.4) is 0 Å². The zero-order valence-corrected chi connectivity index (χ0v) is 19.4. The number of nitrogens with zero attached hydrogens (tertiary/aromatic N) is 3. The third-order valence-electron chi connectivity index (χ3n) is 5.85. The summed E-state index contributed by atoms with van der Waals surface area (Å²) in [5.41, 5.74) is 11.0. The lowest BCUT2D eigenvalue weighted by Crippen LogP contribution is -2.29. The largest absolute Gasteiger partial charge is 0.382 e. The number of nitrogens with one attached hydrogen (secondary N) is 2. The minimum atomic E-state index is -0.180. The van der Waals surface area contributed by atoms with Crippen LogP contribution in [0.4, 0.5) is 16.3 Å². The van der Waals surface area contributed by atoms with Crippen molar-refractivity contribution in [2.45, 2.75) is 52.5 Å². The van der Waals surface area contributed by atoms with E-state index in [0.29, 0.717) is 12.4 Å². The molecule has 2 aromatic heterocycles. The van der Waals surface area contributed by atoms with Crippen LogP contribution in [0.2, 0.25) is 0 Å². The number of anilines is 2. The molecule has 2 heterocycles. The van der Waals surface area contributed by atoms with E-state index in [2.05, 4.69) is 33.2 Å². The lowest BCUT2D eigenvalue weighted by molar-refractivity contribution is 0.252. The topological polar surface area (TPSA) is 97.9 Å². The van der Waals surface area contributed by atoms with Crippen molar-refractivity contribution in [2.24, 2.45) is 0 Å². The van der Waals surface area contributed by atoms with E-state index < -0.39 is 0 Å². The highest BCUT2D eigenvalue weighted by Crippen LogP contribution is 2.29. The number of urea groups is 1. The molecule has 0 bridgehead atoms. The van der Waals surface area contributed by atoms with Gasteiger partial charge in [0.05, 0.1) is 11.0 Å². The van der Waals surface area contributed by atoms with Gasteiger partial charge in [0.2, 0.25) is 0 Å². The molecule has 0 fully saturated rings. The molecular formula is C26H32N6O. The smallest absolute Gasteiger partial charge is 0.319 e. The predicted octanol–water partition coefficient (Wildman–Crippen LogP) is 5.42. The van der Waals surface area contributed by atoms with Crippen LogP contribution >= 0.6 is 0 Å². The van der Waals surface area contributed by atoms with Crippen molar-refractivity contribution in [1.29, 1.82) is 0 Å². The lowest BCUT2D eigenvalue weighted by atomic mass is 10.2. The fourth-order valence-electron chi connectivity index (χ4n) is 4.08. The number of pyridine rings is 1. The first-order chi connectivity index (χ1) is 16.1. The summed E-state index contributed by atoms with van der Waals surface area (Å²) in [6.45, 7) is 5.64. The van der Waals surface area contributed by atoms with Crippen molar-refractivity contribution in [3.63, 3.8) is 0 Å². The Hall–Kier alpha value is -3.61. The van der Waals surface area contributed by atoms with Crippen molar-refractivity contribution in [2.75, 3.05) is 17.6 Å². The number of imidazole rings is 1. The molecule has 172 valence electrons. The third-order valence-corrected chi connectivity index (χ3v) is 5.85. The highest BCUT2D eigenvalue weighted by Gasteiger charge is 2.16. The number of benzene rings is 2. The van der Waals surface area contributed by atoms with Gasteiger partial charge in [0.1, 0.15) is 11.3 Å². The van der Waals surface area contributed by atoms with Crippen molar-refractivity contribution >= 4 is 39.5 Å². The number of hydrogen-bond donors (Lipinski definition) is 3. The molecule has 0 radical (unpaired) electrons. The molecule has 0 saturated carbocycles. The van der Waals surface area contributed by atoms with Crippen LogP contribution in [0.1, 0.15) is 44.0 Å². The van der Waals surface area contributed by atoms with Crippen LogP contribution in [-0.2, 0) is 13.0 Å². The number of amides is 2. The van der Waals surface area contributed by atoms with Crippen molar-refractivity contribution in [3.05, 3.63) is 59.9 Å². The maximum absolute atomic E-state index is 12.2. The summed E-state index contributed by atoms with van der Waals surface area (Å²) in [7, 11) is 0. The highest BCUT2D eigenvalue weighted by atomic mass is 16.2. The number of rotatable bonds is 9. The van der Waals surface area contributed by atoms with Crippen molar-refractivity contribution in [3.8, 4) is 0 Å². The number of nitrogens with two attached hydrogens (primary N) is 1. The minimum Gasteiger partial charge on any atom is -0.382 e. The summed E-state index contributed by atoms with van der Waals surface area (Å²) in [5.74, 6) is 1.54. The summed E-state index contributed by atoms with van der Waals surface area (Å²) in [4.78, 5) is 21.6. The fourth-order valence-corrected chi connectivity index (χ4v) is 4.08. The number of fused-ring (bicyclic) bond motifs is 3. The molecule has 4 rings (SSSR count). The molecule has 2 amide bonds. The van der Waals surface area contributed by atoms with Gasteiger partial charge < -0.3 is 20.9 Å². The molecule has 0 aliphatic carbocycles. The fraction of sp³-hybridized carbons (Fsp3) is 0.346. The quantitative estimate of drug-likeness (QED) is 0.300. The monoisotopic (exact) mass is 444 g/mol. The zero-order valence-electron chi connectivity index (χ0n) is 19.4. The van der Waals surface area contributed by atoms with Gasteiger partial charge in [-0.15, -0.1) is 0 Å². The second kappa shape index (κ2) is 10.3. The zero-order chi connectivity index (χ0) is 23.2. The molecular weight excluding hydrogens is 412 g/mol. The number of aromatic nitrogens is 3. The number of unbranched alkanes of at least 4 members (excludes halogenated alkanes) is 2. The molecule has 0 unspecified atom stereocenters. The average Bonchev–Trinajstić information content (AvgIpc) is 3.18. The van der Waals surface area contributed by atoms with Crippen LogP contribution in [-0.4, -0.2) is 27.1 Å². The molecule has 33 heavy (non-hydrogen) atoms. The van der Waals surface area contributed by atoms with E-state index in [-0.39, 0.29) is 6.03 Å². The molecule has 7 nitrogen and oxygen atoms in total. The van der Waals surface area contributed by atoms with Crippen LogP contribution < -0.4 is 16.4 Å². The van der Waals surface area contributed by atoms with E-state index in [0.717, 1.165) is 77.7 Å². The summed E-state index contributed by atoms with van der Waals surface area (Å²) >= 11 is 0. The van der Waals surface area contributed by atoms with Crippen LogP contribution in [0.25, 0.3) is 21.9 Å². The maximum atomic E-state index is 12.2. The molecule has 0 aliphatic heterocycles. The van der Waals surface area contributed by atoms with Gasteiger partial charge in [-0.05, 0) is 44.4 Å². The van der Waals surface area contributed by atoms with Gasteiger partial charge in [-0.2, -0.15) is 0 Å². The Morgan fingerprint density at radius 2 is 1.82 bits per heavy atom. The Balaban J connectivity index is 1.43. The van der Waals surface area contributed by atoms with E-state index in [1.165, 1.54) is 0 Å². The number of hydrogen-bond acceptors (Lipinski definition) is 4. The Labute approximate surface area is 194 Å². The first-order valence-electron chi connectivity index (χ1n) is 11.7. The number of carbonyl (C=O) groups excluding carboxylic acids is 1. The Kier molecular flexibility index (Phi) is 7.07. The summed E-state index contributed by atoms with van der Waals surface area (Å²) in [6, 6.07) is 15.7. The van der Waals surface area contributed by atoms with Gasteiger partial charge >= 0.3 is 6.03 Å². The van der Waals surface area contributed by atoms with Gasteiger partial charge in [0.25, 0.3) is 0 Å². The first kappa shape index (κ1) is 22.6. The lowest BCUT2D eigenvalue weighted by Gasteiger charge is -2.12. The Morgan fingerprint density at radius 1 is 1.03 bits per heavy atom. The standard InChI is InChI=1S/C26H32N6O/c1-3-4-11-22-31-23-24(20-9-5-6-10-21(20)30-25(23)27)32(22)17-8-7-16-28-26(33)29-19-14-12-18(2)13-15-19/h5-6,9-10,12-15H,3-4,7-8,11,16-17H2,1-2H3,(H2,27,30)(H2,28,29,33). The Bertz CT molecular complexity index is 1250. The van der Waals surface area contributed by atoms with Gasteiger partial charge in [-0.1, -0.05) is 49.2 Å². The van der Waals surface area contributed by atoms with Gasteiger partial charge in [-0.3, -0.25) is 0 Å². The molecule has 0 saturated heterocycles. The van der Waals surface area contributed by atoms with Crippen LogP contribution in [0.5, 0.6) is 0 Å². The van der Waals surface area contributed by atoms with Crippen molar-refractivity contribution < 1.29 is 4.79 Å². The summed E-state index contributed by atoms with van der Waals surface area (Å²) < 4.78 is 2.30. The molecule has 0 aliphatic rings. The second-order valence-electron chi connectivity index (χ2n) is 8.45. The normalized spacial score (nSPS) is 11.2. The van der Waals surface area contributed by atoms with E-state index in [9.17, 15) is 4.79 Å². The summed E-state index contributed by atoms with van der Waals surface area (Å²) in [6.07, 6.45) is 4.89. The van der Waals surface area contributed by atoms with E-state index in [1.807, 2.05) is 49.4 Å². The number of para-hydroxylation sites is 1. The minimum absolute atomic E-state index is 0.180. The van der Waals surface area contributed by atoms with Gasteiger partial charge in [0, 0.05) is 30.6 Å². The maximum Gasteiger partial charge on any atom is 0.319 e. The van der Waals surface area contributed by atoms with Gasteiger partial charge in [-0.25, -0.2) is 14.8 Å².